The second-order valence-corrected chi connectivity index (χ2v) is 5.57. The summed E-state index contributed by atoms with van der Waals surface area (Å²) in [5.41, 5.74) is 2.03. The van der Waals surface area contributed by atoms with E-state index in [9.17, 15) is 4.79 Å². The van der Waals surface area contributed by atoms with Gasteiger partial charge in [-0.1, -0.05) is 69.0 Å². The summed E-state index contributed by atoms with van der Waals surface area (Å²) >= 11 is 0. The molecule has 2 rings (SSSR count). The number of ketones is 1. The van der Waals surface area contributed by atoms with Crippen LogP contribution in [0.4, 0.5) is 0 Å². The second-order valence-electron chi connectivity index (χ2n) is 5.57. The maximum absolute atomic E-state index is 12.5. The molecule has 2 aromatic rings. The van der Waals surface area contributed by atoms with Crippen molar-refractivity contribution in [2.45, 2.75) is 52.4 Å². The Morgan fingerprint density at radius 3 is 2.50 bits per heavy atom. The Morgan fingerprint density at radius 2 is 1.70 bits per heavy atom. The highest BCUT2D eigenvalue weighted by molar-refractivity contribution is 6.09. The normalized spacial score (nSPS) is 10.9. The van der Waals surface area contributed by atoms with Gasteiger partial charge < -0.3 is 0 Å². The third-order valence-corrected chi connectivity index (χ3v) is 3.92. The van der Waals surface area contributed by atoms with Crippen LogP contribution in [0.2, 0.25) is 0 Å². The number of benzene rings is 2. The Labute approximate surface area is 122 Å². The zero-order valence-electron chi connectivity index (χ0n) is 12.6. The molecule has 2 aromatic carbocycles. The number of hydrogen-bond donors (Lipinski definition) is 0. The summed E-state index contributed by atoms with van der Waals surface area (Å²) in [5.74, 6) is 0.302. The molecule has 106 valence electrons. The zero-order chi connectivity index (χ0) is 14.4. The highest BCUT2D eigenvalue weighted by Crippen LogP contribution is 2.24. The Hall–Kier alpha value is -1.63. The van der Waals surface area contributed by atoms with Gasteiger partial charge >= 0.3 is 0 Å². The standard InChI is InChI=1S/C19H24O/c1-3-4-5-6-7-12-18(20)19-15(2)13-14-16-10-8-9-11-17(16)19/h8-11,13-14H,3-7,12H2,1-2H3. The van der Waals surface area contributed by atoms with E-state index in [1.165, 1.54) is 25.7 Å². The van der Waals surface area contributed by atoms with Crippen LogP contribution < -0.4 is 0 Å². The number of carbonyl (C=O) groups excluding carboxylic acids is 1. The van der Waals surface area contributed by atoms with Crippen LogP contribution in [-0.2, 0) is 0 Å². The van der Waals surface area contributed by atoms with Crippen molar-refractivity contribution >= 4 is 16.6 Å². The lowest BCUT2D eigenvalue weighted by atomic mass is 9.94. The van der Waals surface area contributed by atoms with Crippen molar-refractivity contribution in [3.63, 3.8) is 0 Å². The molecule has 0 aliphatic heterocycles. The van der Waals surface area contributed by atoms with E-state index >= 15 is 0 Å². The third kappa shape index (κ3) is 3.47. The van der Waals surface area contributed by atoms with Crippen molar-refractivity contribution in [3.8, 4) is 0 Å². The molecular formula is C19H24O. The predicted octanol–water partition coefficient (Wildman–Crippen LogP) is 5.69. The summed E-state index contributed by atoms with van der Waals surface area (Å²) in [6.45, 7) is 4.25. The molecule has 1 heteroatoms. The van der Waals surface area contributed by atoms with Crippen LogP contribution in [0.1, 0.15) is 61.4 Å². The predicted molar refractivity (Wildman–Crippen MR) is 86.4 cm³/mol. The third-order valence-electron chi connectivity index (χ3n) is 3.92. The molecule has 0 aliphatic carbocycles. The van der Waals surface area contributed by atoms with Gasteiger partial charge in [0, 0.05) is 12.0 Å². The minimum absolute atomic E-state index is 0.302. The number of aryl methyl sites for hydroxylation is 1. The van der Waals surface area contributed by atoms with E-state index < -0.39 is 0 Å². The largest absolute Gasteiger partial charge is 0.294 e. The number of carbonyl (C=O) groups is 1. The first-order chi connectivity index (χ1) is 9.74. The van der Waals surface area contributed by atoms with E-state index in [4.69, 9.17) is 0 Å². The van der Waals surface area contributed by atoms with Crippen molar-refractivity contribution < 1.29 is 4.79 Å². The molecule has 0 saturated heterocycles. The van der Waals surface area contributed by atoms with E-state index in [2.05, 4.69) is 31.2 Å². The number of hydrogen-bond acceptors (Lipinski definition) is 1. The minimum atomic E-state index is 0.302. The van der Waals surface area contributed by atoms with Gasteiger partial charge in [-0.25, -0.2) is 0 Å². The van der Waals surface area contributed by atoms with Gasteiger partial charge in [0.2, 0.25) is 0 Å². The average molecular weight is 268 g/mol. The number of rotatable bonds is 7. The Balaban J connectivity index is 2.11. The highest BCUT2D eigenvalue weighted by Gasteiger charge is 2.12. The van der Waals surface area contributed by atoms with Crippen molar-refractivity contribution in [3.05, 3.63) is 47.5 Å². The molecule has 0 aliphatic rings. The highest BCUT2D eigenvalue weighted by atomic mass is 16.1. The molecule has 0 radical (unpaired) electrons. The molecule has 0 bridgehead atoms. The van der Waals surface area contributed by atoms with Crippen LogP contribution >= 0.6 is 0 Å². The maximum Gasteiger partial charge on any atom is 0.163 e. The first-order valence-electron chi connectivity index (χ1n) is 7.75. The lowest BCUT2D eigenvalue weighted by Gasteiger charge is -2.09. The molecule has 0 N–H and O–H groups in total. The lowest BCUT2D eigenvalue weighted by molar-refractivity contribution is 0.0980. The molecular weight excluding hydrogens is 244 g/mol. The van der Waals surface area contributed by atoms with Gasteiger partial charge in [-0.2, -0.15) is 0 Å². The molecule has 0 atom stereocenters. The van der Waals surface area contributed by atoms with Gasteiger partial charge in [0.15, 0.2) is 5.78 Å². The summed E-state index contributed by atoms with van der Waals surface area (Å²) in [7, 11) is 0. The summed E-state index contributed by atoms with van der Waals surface area (Å²) in [6.07, 6.45) is 6.64. The second kappa shape index (κ2) is 7.23. The topological polar surface area (TPSA) is 17.1 Å². The lowest BCUT2D eigenvalue weighted by Crippen LogP contribution is -2.03. The quantitative estimate of drug-likeness (QED) is 0.465. The van der Waals surface area contributed by atoms with Crippen LogP contribution in [0, 0.1) is 6.92 Å². The number of Topliss-reactive ketones (excluding diaryl/α,β-unsaturated/α-hetero) is 1. The van der Waals surface area contributed by atoms with E-state index in [1.54, 1.807) is 0 Å². The molecule has 0 unspecified atom stereocenters. The van der Waals surface area contributed by atoms with Crippen LogP contribution in [0.25, 0.3) is 10.8 Å². The molecule has 0 heterocycles. The first-order valence-corrected chi connectivity index (χ1v) is 7.75. The molecule has 20 heavy (non-hydrogen) atoms. The van der Waals surface area contributed by atoms with Crippen molar-refractivity contribution in [1.29, 1.82) is 0 Å². The zero-order valence-corrected chi connectivity index (χ0v) is 12.6. The Kier molecular flexibility index (Phi) is 5.34. The summed E-state index contributed by atoms with van der Waals surface area (Å²) in [4.78, 5) is 12.5. The summed E-state index contributed by atoms with van der Waals surface area (Å²) < 4.78 is 0. The van der Waals surface area contributed by atoms with Crippen LogP contribution in [0.15, 0.2) is 36.4 Å². The van der Waals surface area contributed by atoms with Gasteiger partial charge in [-0.3, -0.25) is 4.79 Å². The Morgan fingerprint density at radius 1 is 0.950 bits per heavy atom. The van der Waals surface area contributed by atoms with Crippen molar-refractivity contribution in [2.75, 3.05) is 0 Å². The fraction of sp³-hybridized carbons (Fsp3) is 0.421. The van der Waals surface area contributed by atoms with Crippen LogP contribution in [0.5, 0.6) is 0 Å². The van der Waals surface area contributed by atoms with E-state index in [0.29, 0.717) is 12.2 Å². The fourth-order valence-corrected chi connectivity index (χ4v) is 2.76. The van der Waals surface area contributed by atoms with Crippen molar-refractivity contribution in [2.24, 2.45) is 0 Å². The molecule has 0 saturated carbocycles. The van der Waals surface area contributed by atoms with Gasteiger partial charge in [0.05, 0.1) is 0 Å². The van der Waals surface area contributed by atoms with E-state index in [1.807, 2.05) is 19.1 Å². The monoisotopic (exact) mass is 268 g/mol. The smallest absolute Gasteiger partial charge is 0.163 e. The molecule has 1 nitrogen and oxygen atoms in total. The first kappa shape index (κ1) is 14.8. The summed E-state index contributed by atoms with van der Waals surface area (Å²) in [5, 5.41) is 2.26. The average Bonchev–Trinajstić information content (AvgIpc) is 2.46. The maximum atomic E-state index is 12.5. The van der Waals surface area contributed by atoms with Gasteiger partial charge in [-0.05, 0) is 29.7 Å². The van der Waals surface area contributed by atoms with Crippen LogP contribution in [0.3, 0.4) is 0 Å². The molecule has 0 amide bonds. The molecule has 0 fully saturated rings. The molecule has 0 aromatic heterocycles. The van der Waals surface area contributed by atoms with Gasteiger partial charge in [-0.15, -0.1) is 0 Å². The van der Waals surface area contributed by atoms with E-state index in [-0.39, 0.29) is 0 Å². The van der Waals surface area contributed by atoms with E-state index in [0.717, 1.165) is 28.3 Å². The summed E-state index contributed by atoms with van der Waals surface area (Å²) in [6, 6.07) is 12.3. The molecule has 0 spiro atoms. The van der Waals surface area contributed by atoms with Crippen LogP contribution in [-0.4, -0.2) is 5.78 Å². The van der Waals surface area contributed by atoms with Gasteiger partial charge in [0.25, 0.3) is 0 Å². The number of fused-ring (bicyclic) bond motifs is 1. The fourth-order valence-electron chi connectivity index (χ4n) is 2.76. The minimum Gasteiger partial charge on any atom is -0.294 e. The van der Waals surface area contributed by atoms with Gasteiger partial charge in [0.1, 0.15) is 0 Å². The SMILES string of the molecule is CCCCCCCC(=O)c1c(C)ccc2ccccc12. The van der Waals surface area contributed by atoms with Crippen molar-refractivity contribution in [1.82, 2.24) is 0 Å². The number of unbranched alkanes of at least 4 members (excludes halogenated alkanes) is 4. The Bertz CT molecular complexity index is 583.